The van der Waals surface area contributed by atoms with Crippen LogP contribution in [-0.2, 0) is 30.8 Å². The number of nitrogens with one attached hydrogen (secondary N) is 1. The van der Waals surface area contributed by atoms with E-state index >= 15 is 0 Å². The number of hydrogen-bond donors (Lipinski definition) is 1. The SMILES string of the molecule is O=c1[nH]c2c(cc1COCc1ccccc1)CCC2. The van der Waals surface area contributed by atoms with Gasteiger partial charge in [0.05, 0.1) is 13.2 Å². The van der Waals surface area contributed by atoms with Gasteiger partial charge in [0.25, 0.3) is 5.56 Å². The summed E-state index contributed by atoms with van der Waals surface area (Å²) in [5.41, 5.74) is 4.24. The summed E-state index contributed by atoms with van der Waals surface area (Å²) < 4.78 is 5.63. The summed E-state index contributed by atoms with van der Waals surface area (Å²) in [5.74, 6) is 0. The predicted octanol–water partition coefficient (Wildman–Crippen LogP) is 2.58. The molecular weight excluding hydrogens is 238 g/mol. The molecular formula is C16H17NO2. The smallest absolute Gasteiger partial charge is 0.253 e. The maximum atomic E-state index is 11.9. The number of aromatic amines is 1. The molecule has 1 aromatic heterocycles. The van der Waals surface area contributed by atoms with Crippen LogP contribution in [0.2, 0.25) is 0 Å². The van der Waals surface area contributed by atoms with Crippen molar-refractivity contribution in [2.24, 2.45) is 0 Å². The van der Waals surface area contributed by atoms with E-state index in [4.69, 9.17) is 4.74 Å². The Morgan fingerprint density at radius 2 is 1.95 bits per heavy atom. The molecule has 0 spiro atoms. The molecule has 1 heterocycles. The Balaban J connectivity index is 1.66. The number of aryl methyl sites for hydroxylation is 2. The molecule has 0 radical (unpaired) electrons. The molecule has 0 atom stereocenters. The molecule has 1 aliphatic carbocycles. The van der Waals surface area contributed by atoms with Crippen LogP contribution in [0, 0.1) is 0 Å². The number of H-pyrrole nitrogens is 1. The lowest BCUT2D eigenvalue weighted by atomic mass is 10.1. The van der Waals surface area contributed by atoms with Crippen LogP contribution in [-0.4, -0.2) is 4.98 Å². The largest absolute Gasteiger partial charge is 0.372 e. The third kappa shape index (κ3) is 2.76. The van der Waals surface area contributed by atoms with Gasteiger partial charge in [-0.1, -0.05) is 30.3 Å². The summed E-state index contributed by atoms with van der Waals surface area (Å²) in [4.78, 5) is 14.9. The molecule has 3 nitrogen and oxygen atoms in total. The first-order valence-corrected chi connectivity index (χ1v) is 6.68. The quantitative estimate of drug-likeness (QED) is 0.912. The topological polar surface area (TPSA) is 42.1 Å². The highest BCUT2D eigenvalue weighted by molar-refractivity contribution is 5.28. The molecule has 1 N–H and O–H groups in total. The molecule has 0 saturated carbocycles. The first-order chi connectivity index (χ1) is 9.33. The van der Waals surface area contributed by atoms with E-state index in [2.05, 4.69) is 4.98 Å². The Morgan fingerprint density at radius 1 is 1.11 bits per heavy atom. The van der Waals surface area contributed by atoms with Crippen molar-refractivity contribution in [2.75, 3.05) is 0 Å². The molecule has 3 heteroatoms. The zero-order valence-electron chi connectivity index (χ0n) is 10.8. The van der Waals surface area contributed by atoms with Crippen molar-refractivity contribution >= 4 is 0 Å². The molecule has 0 fully saturated rings. The molecule has 1 aromatic carbocycles. The Bertz CT molecular complexity index is 616. The number of hydrogen-bond acceptors (Lipinski definition) is 2. The van der Waals surface area contributed by atoms with Gasteiger partial charge in [-0.05, 0) is 36.5 Å². The molecule has 98 valence electrons. The van der Waals surface area contributed by atoms with E-state index in [-0.39, 0.29) is 5.56 Å². The van der Waals surface area contributed by atoms with Crippen LogP contribution in [0.15, 0.2) is 41.2 Å². The predicted molar refractivity (Wildman–Crippen MR) is 74.0 cm³/mol. The summed E-state index contributed by atoms with van der Waals surface area (Å²) in [6.07, 6.45) is 3.20. The minimum Gasteiger partial charge on any atom is -0.372 e. The Labute approximate surface area is 112 Å². The zero-order chi connectivity index (χ0) is 13.1. The highest BCUT2D eigenvalue weighted by atomic mass is 16.5. The maximum absolute atomic E-state index is 11.9. The van der Waals surface area contributed by atoms with E-state index in [1.807, 2.05) is 36.4 Å². The third-order valence-electron chi connectivity index (χ3n) is 3.53. The zero-order valence-corrected chi connectivity index (χ0v) is 10.8. The first kappa shape index (κ1) is 12.2. The van der Waals surface area contributed by atoms with Gasteiger partial charge < -0.3 is 9.72 Å². The second-order valence-electron chi connectivity index (χ2n) is 4.96. The van der Waals surface area contributed by atoms with Gasteiger partial charge in [0, 0.05) is 11.3 Å². The number of pyridine rings is 1. The molecule has 3 rings (SSSR count). The summed E-state index contributed by atoms with van der Waals surface area (Å²) in [6, 6.07) is 12.0. The molecule has 19 heavy (non-hydrogen) atoms. The van der Waals surface area contributed by atoms with Crippen molar-refractivity contribution in [2.45, 2.75) is 32.5 Å². The minimum atomic E-state index is -0.00582. The van der Waals surface area contributed by atoms with Gasteiger partial charge in [0.15, 0.2) is 0 Å². The lowest BCUT2D eigenvalue weighted by Gasteiger charge is -2.06. The number of fused-ring (bicyclic) bond motifs is 1. The molecule has 1 aliphatic rings. The fourth-order valence-electron chi connectivity index (χ4n) is 2.52. The molecule has 0 aliphatic heterocycles. The van der Waals surface area contributed by atoms with Crippen LogP contribution < -0.4 is 5.56 Å². The Hall–Kier alpha value is -1.87. The van der Waals surface area contributed by atoms with E-state index in [0.717, 1.165) is 36.1 Å². The normalized spacial score (nSPS) is 13.5. The van der Waals surface area contributed by atoms with E-state index in [1.165, 1.54) is 5.56 Å². The first-order valence-electron chi connectivity index (χ1n) is 6.68. The van der Waals surface area contributed by atoms with Crippen molar-refractivity contribution in [3.63, 3.8) is 0 Å². The van der Waals surface area contributed by atoms with E-state index in [1.54, 1.807) is 0 Å². The van der Waals surface area contributed by atoms with Gasteiger partial charge in [0.1, 0.15) is 0 Å². The number of rotatable bonds is 4. The van der Waals surface area contributed by atoms with E-state index in [9.17, 15) is 4.79 Å². The van der Waals surface area contributed by atoms with E-state index in [0.29, 0.717) is 13.2 Å². The average Bonchev–Trinajstić information content (AvgIpc) is 2.87. The van der Waals surface area contributed by atoms with Crippen LogP contribution >= 0.6 is 0 Å². The number of ether oxygens (including phenoxy) is 1. The average molecular weight is 255 g/mol. The van der Waals surface area contributed by atoms with Crippen LogP contribution in [0.25, 0.3) is 0 Å². The number of aromatic nitrogens is 1. The summed E-state index contributed by atoms with van der Waals surface area (Å²) in [7, 11) is 0. The highest BCUT2D eigenvalue weighted by Crippen LogP contribution is 2.19. The fraction of sp³-hybridized carbons (Fsp3) is 0.312. The van der Waals surface area contributed by atoms with Gasteiger partial charge in [-0.25, -0.2) is 0 Å². The van der Waals surface area contributed by atoms with Gasteiger partial charge >= 0.3 is 0 Å². The van der Waals surface area contributed by atoms with Crippen molar-refractivity contribution in [3.8, 4) is 0 Å². The lowest BCUT2D eigenvalue weighted by Crippen LogP contribution is -2.15. The lowest BCUT2D eigenvalue weighted by molar-refractivity contribution is 0.106. The molecule has 0 amide bonds. The Kier molecular flexibility index (Phi) is 3.47. The third-order valence-corrected chi connectivity index (χ3v) is 3.53. The molecule has 0 saturated heterocycles. The fourth-order valence-corrected chi connectivity index (χ4v) is 2.52. The number of benzene rings is 1. The summed E-state index contributed by atoms with van der Waals surface area (Å²) >= 11 is 0. The van der Waals surface area contributed by atoms with Crippen LogP contribution in [0.5, 0.6) is 0 Å². The van der Waals surface area contributed by atoms with Crippen LogP contribution in [0.1, 0.15) is 28.8 Å². The molecule has 0 unspecified atom stereocenters. The van der Waals surface area contributed by atoms with Gasteiger partial charge in [-0.3, -0.25) is 4.79 Å². The monoisotopic (exact) mass is 255 g/mol. The van der Waals surface area contributed by atoms with Crippen molar-refractivity contribution in [1.82, 2.24) is 4.98 Å². The highest BCUT2D eigenvalue weighted by Gasteiger charge is 2.13. The van der Waals surface area contributed by atoms with Crippen LogP contribution in [0.3, 0.4) is 0 Å². The van der Waals surface area contributed by atoms with Gasteiger partial charge in [-0.2, -0.15) is 0 Å². The molecule has 2 aromatic rings. The van der Waals surface area contributed by atoms with Gasteiger partial charge in [-0.15, -0.1) is 0 Å². The molecule has 0 bridgehead atoms. The van der Waals surface area contributed by atoms with Crippen LogP contribution in [0.4, 0.5) is 0 Å². The summed E-state index contributed by atoms with van der Waals surface area (Å²) in [6.45, 7) is 0.912. The minimum absolute atomic E-state index is 0.00582. The maximum Gasteiger partial charge on any atom is 0.253 e. The standard InChI is InChI=1S/C16H17NO2/c18-16-14(9-13-7-4-8-15(13)17-16)11-19-10-12-5-2-1-3-6-12/h1-3,5-6,9H,4,7-8,10-11H2,(H,17,18). The van der Waals surface area contributed by atoms with E-state index < -0.39 is 0 Å². The second-order valence-corrected chi connectivity index (χ2v) is 4.96. The van der Waals surface area contributed by atoms with Crippen molar-refractivity contribution in [3.05, 3.63) is 69.1 Å². The van der Waals surface area contributed by atoms with Crippen molar-refractivity contribution < 1.29 is 4.74 Å². The van der Waals surface area contributed by atoms with Crippen molar-refractivity contribution in [1.29, 1.82) is 0 Å². The summed E-state index contributed by atoms with van der Waals surface area (Å²) in [5, 5.41) is 0. The van der Waals surface area contributed by atoms with Gasteiger partial charge in [0.2, 0.25) is 0 Å². The second kappa shape index (κ2) is 5.41. The Morgan fingerprint density at radius 3 is 2.79 bits per heavy atom.